The van der Waals surface area contributed by atoms with Crippen molar-refractivity contribution in [3.05, 3.63) is 111 Å². The van der Waals surface area contributed by atoms with Crippen molar-refractivity contribution in [3.8, 4) is 0 Å². The first kappa shape index (κ1) is 51.4. The Bertz CT molecular complexity index is 2720. The van der Waals surface area contributed by atoms with Crippen LogP contribution in [0.1, 0.15) is 114 Å². The molecule has 16 nitrogen and oxygen atoms in total. The molecule has 5 heterocycles. The second kappa shape index (κ2) is 23.7. The van der Waals surface area contributed by atoms with Gasteiger partial charge in [-0.1, -0.05) is 55.7 Å². The Kier molecular flexibility index (Phi) is 16.5. The lowest BCUT2D eigenvalue weighted by Crippen LogP contribution is -2.57. The van der Waals surface area contributed by atoms with E-state index in [1.165, 1.54) is 6.07 Å². The summed E-state index contributed by atoms with van der Waals surface area (Å²) in [5.74, 6) is -0.239. The summed E-state index contributed by atoms with van der Waals surface area (Å²) in [5, 5.41) is 14.6. The van der Waals surface area contributed by atoms with Gasteiger partial charge in [0, 0.05) is 101 Å². The molecule has 4 saturated heterocycles. The zero-order valence-corrected chi connectivity index (χ0v) is 42.8. The molecule has 0 spiro atoms. The van der Waals surface area contributed by atoms with Crippen LogP contribution in [0.2, 0.25) is 0 Å². The highest BCUT2D eigenvalue weighted by Gasteiger charge is 2.37. The molecule has 3 aromatic carbocycles. The Hall–Kier alpha value is -6.04. The van der Waals surface area contributed by atoms with E-state index in [0.29, 0.717) is 105 Å². The average molecular weight is 1010 g/mol. The number of aromatic amines is 1. The monoisotopic (exact) mass is 1010 g/mol. The number of piperazine rings is 2. The van der Waals surface area contributed by atoms with Gasteiger partial charge in [-0.2, -0.15) is 5.10 Å². The predicted octanol–water partition coefficient (Wildman–Crippen LogP) is 4.63. The number of aromatic nitrogens is 2. The molecule has 6 fully saturated rings. The number of fused-ring (bicyclic) bond motifs is 1. The van der Waals surface area contributed by atoms with Crippen molar-refractivity contribution < 1.29 is 28.4 Å². The minimum absolute atomic E-state index is 0.0214. The maximum atomic E-state index is 15.1. The summed E-state index contributed by atoms with van der Waals surface area (Å²) in [6.07, 6.45) is 11.6. The smallest absolute Gasteiger partial charge is 0.272 e. The fraction of sp³-hybridized carbons (Fsp3) is 0.561. The first-order valence-corrected chi connectivity index (χ1v) is 27.5. The third kappa shape index (κ3) is 12.5. The standard InChI is InChI=1S/C57H73FN10O6/c58-49-18-15-40(33-50-46-13-4-5-14-47(46)55(72)62-61-50)32-48(49)56(73)66-30-28-65(29-31-66)52(70)38-63-22-19-39(20-23-63)36-64-24-26-67(27-25-64)57(74)53(41-8-2-1-3-9-41)60-54(71)43-11-6-10-42(34-43)44-12-7-21-68(37-44)51(69)35-59-45-16-17-45/h4-6,10-11,13-15,18,32,34,39,41,44-45,53,59H,1-3,7-9,12,16-17,19-31,33,35-38H2,(H,60,71)(H,62,72). The van der Waals surface area contributed by atoms with E-state index in [9.17, 15) is 28.8 Å². The number of amides is 5. The number of piperidine rings is 2. The van der Waals surface area contributed by atoms with Gasteiger partial charge in [-0.15, -0.1) is 0 Å². The van der Waals surface area contributed by atoms with Crippen LogP contribution in [0.3, 0.4) is 0 Å². The van der Waals surface area contributed by atoms with Crippen LogP contribution in [0, 0.1) is 17.7 Å². The van der Waals surface area contributed by atoms with E-state index < -0.39 is 17.8 Å². The summed E-state index contributed by atoms with van der Waals surface area (Å²) in [7, 11) is 0. The Morgan fingerprint density at radius 2 is 1.41 bits per heavy atom. The molecule has 394 valence electrons. The molecule has 2 saturated carbocycles. The number of hydrogen-bond donors (Lipinski definition) is 3. The summed E-state index contributed by atoms with van der Waals surface area (Å²) < 4.78 is 15.1. The number of likely N-dealkylation sites (tertiary alicyclic amines) is 2. The van der Waals surface area contributed by atoms with Crippen molar-refractivity contribution in [3.63, 3.8) is 0 Å². The van der Waals surface area contributed by atoms with E-state index in [1.807, 2.05) is 45.0 Å². The summed E-state index contributed by atoms with van der Waals surface area (Å²) in [5.41, 5.74) is 2.65. The Morgan fingerprint density at radius 3 is 2.16 bits per heavy atom. The molecule has 4 aromatic rings. The highest BCUT2D eigenvalue weighted by atomic mass is 19.1. The molecule has 17 heteroatoms. The maximum Gasteiger partial charge on any atom is 0.272 e. The molecule has 10 rings (SSSR count). The van der Waals surface area contributed by atoms with Gasteiger partial charge in [0.2, 0.25) is 17.7 Å². The Morgan fingerprint density at radius 1 is 0.676 bits per heavy atom. The second-order valence-corrected chi connectivity index (χ2v) is 21.9. The minimum atomic E-state index is -0.605. The lowest BCUT2D eigenvalue weighted by atomic mass is 9.83. The van der Waals surface area contributed by atoms with Crippen molar-refractivity contribution in [2.75, 3.05) is 98.2 Å². The molecule has 2 atom stereocenters. The van der Waals surface area contributed by atoms with E-state index in [2.05, 4.69) is 36.7 Å². The van der Waals surface area contributed by atoms with Crippen LogP contribution in [0.15, 0.2) is 71.5 Å². The van der Waals surface area contributed by atoms with E-state index in [-0.39, 0.29) is 46.6 Å². The fourth-order valence-corrected chi connectivity index (χ4v) is 12.1. The summed E-state index contributed by atoms with van der Waals surface area (Å²) in [6, 6.07) is 19.4. The molecule has 4 aliphatic heterocycles. The largest absolute Gasteiger partial charge is 0.341 e. The quantitative estimate of drug-likeness (QED) is 0.153. The molecule has 74 heavy (non-hydrogen) atoms. The molecule has 3 N–H and O–H groups in total. The van der Waals surface area contributed by atoms with Crippen LogP contribution in [-0.2, 0) is 20.8 Å². The lowest BCUT2D eigenvalue weighted by molar-refractivity contribution is -0.137. The van der Waals surface area contributed by atoms with E-state index in [1.54, 1.807) is 29.2 Å². The number of carbonyl (C=O) groups excluding carboxylic acids is 5. The van der Waals surface area contributed by atoms with Gasteiger partial charge in [-0.25, -0.2) is 9.49 Å². The van der Waals surface area contributed by atoms with Gasteiger partial charge in [0.15, 0.2) is 0 Å². The first-order valence-electron chi connectivity index (χ1n) is 27.5. The molecule has 6 aliphatic rings. The minimum Gasteiger partial charge on any atom is -0.341 e. The van der Waals surface area contributed by atoms with Gasteiger partial charge in [-0.3, -0.25) is 38.6 Å². The van der Waals surface area contributed by atoms with Crippen molar-refractivity contribution in [2.45, 2.75) is 95.1 Å². The highest BCUT2D eigenvalue weighted by molar-refractivity contribution is 5.98. The molecule has 2 unspecified atom stereocenters. The molecular weight excluding hydrogens is 940 g/mol. The van der Waals surface area contributed by atoms with Gasteiger partial charge in [0.1, 0.15) is 11.9 Å². The van der Waals surface area contributed by atoms with Crippen LogP contribution in [-0.4, -0.2) is 179 Å². The average Bonchev–Trinajstić information content (AvgIpc) is 4.28. The predicted molar refractivity (Wildman–Crippen MR) is 280 cm³/mol. The topological polar surface area (TPSA) is 175 Å². The van der Waals surface area contributed by atoms with Gasteiger partial charge < -0.3 is 30.2 Å². The zero-order valence-electron chi connectivity index (χ0n) is 42.8. The molecule has 0 bridgehead atoms. The number of hydrogen-bond acceptors (Lipinski definition) is 10. The second-order valence-electron chi connectivity index (χ2n) is 21.9. The third-order valence-electron chi connectivity index (χ3n) is 16.8. The molecule has 2 aliphatic carbocycles. The maximum absolute atomic E-state index is 15.1. The highest BCUT2D eigenvalue weighted by Crippen LogP contribution is 2.31. The van der Waals surface area contributed by atoms with Crippen molar-refractivity contribution in [1.82, 2.24) is 50.2 Å². The molecular formula is C57H73FN10O6. The van der Waals surface area contributed by atoms with Crippen LogP contribution in [0.5, 0.6) is 0 Å². The number of halogens is 1. The number of rotatable bonds is 15. The Labute approximate surface area is 433 Å². The van der Waals surface area contributed by atoms with E-state index >= 15 is 4.39 Å². The van der Waals surface area contributed by atoms with Crippen molar-refractivity contribution in [1.29, 1.82) is 0 Å². The van der Waals surface area contributed by atoms with Crippen LogP contribution in [0.4, 0.5) is 4.39 Å². The number of H-pyrrole nitrogens is 1. The van der Waals surface area contributed by atoms with Gasteiger partial charge in [0.25, 0.3) is 17.4 Å². The zero-order chi connectivity index (χ0) is 51.1. The van der Waals surface area contributed by atoms with Gasteiger partial charge in [0.05, 0.1) is 29.7 Å². The lowest BCUT2D eigenvalue weighted by Gasteiger charge is -2.41. The summed E-state index contributed by atoms with van der Waals surface area (Å²) >= 11 is 0. The first-order chi connectivity index (χ1) is 36.0. The number of nitrogens with zero attached hydrogens (tertiary/aromatic N) is 7. The van der Waals surface area contributed by atoms with Crippen molar-refractivity contribution >= 4 is 40.3 Å². The normalized spacial score (nSPS) is 21.2. The summed E-state index contributed by atoms with van der Waals surface area (Å²) in [4.78, 5) is 92.9. The van der Waals surface area contributed by atoms with Crippen molar-refractivity contribution in [2.24, 2.45) is 11.8 Å². The van der Waals surface area contributed by atoms with Gasteiger partial charge in [-0.05, 0) is 118 Å². The van der Waals surface area contributed by atoms with Crippen LogP contribution < -0.4 is 16.2 Å². The van der Waals surface area contributed by atoms with Gasteiger partial charge >= 0.3 is 0 Å². The van der Waals surface area contributed by atoms with Crippen LogP contribution in [0.25, 0.3) is 10.8 Å². The van der Waals surface area contributed by atoms with E-state index in [4.69, 9.17) is 0 Å². The van der Waals surface area contributed by atoms with E-state index in [0.717, 1.165) is 115 Å². The number of carbonyl (C=O) groups is 5. The molecule has 0 radical (unpaired) electrons. The number of benzene rings is 3. The fourth-order valence-electron chi connectivity index (χ4n) is 12.1. The molecule has 1 aromatic heterocycles. The Balaban J connectivity index is 0.654. The molecule has 5 amide bonds. The summed E-state index contributed by atoms with van der Waals surface area (Å²) in [6.45, 7) is 8.97. The number of nitrogens with one attached hydrogen (secondary N) is 3. The third-order valence-corrected chi connectivity index (χ3v) is 16.8. The van der Waals surface area contributed by atoms with Crippen LogP contribution >= 0.6 is 0 Å². The SMILES string of the molecule is O=C(NC(C(=O)N1CCN(CC2CCN(CC(=O)N3CCN(C(=O)c4cc(Cc5n[nH]c(=O)c6ccccc56)ccc4F)CC3)CC2)CC1)C1CCCCC1)c1cccc(C2CCCN(C(=O)CNC3CC3)C2)c1.